The summed E-state index contributed by atoms with van der Waals surface area (Å²) in [6, 6.07) is 0.443. The van der Waals surface area contributed by atoms with Gasteiger partial charge in [-0.25, -0.2) is 4.48 Å². The van der Waals surface area contributed by atoms with E-state index in [0.717, 1.165) is 6.42 Å². The minimum absolute atomic E-state index is 0.00347. The van der Waals surface area contributed by atoms with E-state index in [4.69, 9.17) is 0 Å². The summed E-state index contributed by atoms with van der Waals surface area (Å²) < 4.78 is 14.1. The molecule has 0 saturated heterocycles. The largest absolute Gasteiger partial charge is 0.290 e. The van der Waals surface area contributed by atoms with Crippen LogP contribution in [0.1, 0.15) is 32.6 Å². The Labute approximate surface area is 85.5 Å². The number of halogens is 1. The van der Waals surface area contributed by atoms with Gasteiger partial charge in [0, 0.05) is 24.5 Å². The van der Waals surface area contributed by atoms with Crippen LogP contribution in [0.25, 0.3) is 0 Å². The lowest BCUT2D eigenvalue weighted by Gasteiger charge is -2.40. The summed E-state index contributed by atoms with van der Waals surface area (Å²) in [6.45, 7) is 2.26. The van der Waals surface area contributed by atoms with Gasteiger partial charge in [0.05, 0.1) is 7.05 Å². The first-order valence-corrected chi connectivity index (χ1v) is 5.56. The van der Waals surface area contributed by atoms with Crippen molar-refractivity contribution in [2.24, 2.45) is 5.92 Å². The van der Waals surface area contributed by atoms with Crippen molar-refractivity contribution in [3.63, 3.8) is 0 Å². The highest BCUT2D eigenvalue weighted by Crippen LogP contribution is 2.37. The molecule has 1 unspecified atom stereocenters. The van der Waals surface area contributed by atoms with E-state index >= 15 is 0 Å². The molecule has 1 saturated carbocycles. The van der Waals surface area contributed by atoms with Crippen molar-refractivity contribution < 1.29 is 8.87 Å². The highest BCUT2D eigenvalue weighted by Gasteiger charge is 2.41. The summed E-state index contributed by atoms with van der Waals surface area (Å²) in [5.41, 5.74) is 0. The van der Waals surface area contributed by atoms with Gasteiger partial charge in [-0.3, -0.25) is 0 Å². The summed E-state index contributed by atoms with van der Waals surface area (Å²) in [4.78, 5) is 0. The van der Waals surface area contributed by atoms with Crippen LogP contribution >= 0.6 is 0 Å². The van der Waals surface area contributed by atoms with Gasteiger partial charge < -0.3 is 0 Å². The third-order valence-electron chi connectivity index (χ3n) is 3.84. The van der Waals surface area contributed by atoms with Crippen molar-refractivity contribution in [2.75, 3.05) is 7.05 Å². The molecule has 2 aliphatic rings. The second kappa shape index (κ2) is 3.50. The number of rotatable bonds is 1. The summed E-state index contributed by atoms with van der Waals surface area (Å²) in [6.07, 6.45) is 10.4. The number of nitrogens with zero attached hydrogens (tertiary/aromatic N) is 1. The number of quaternary nitrogens is 1. The van der Waals surface area contributed by atoms with Crippen molar-refractivity contribution in [1.29, 1.82) is 0 Å². The Bertz CT molecular complexity index is 282. The molecule has 0 aromatic heterocycles. The molecule has 78 valence electrons. The summed E-state index contributed by atoms with van der Waals surface area (Å²) in [5.74, 6) is 0.638. The fourth-order valence-corrected chi connectivity index (χ4v) is 2.90. The first-order valence-electron chi connectivity index (χ1n) is 5.56. The lowest BCUT2D eigenvalue weighted by Crippen LogP contribution is -2.49. The van der Waals surface area contributed by atoms with E-state index in [1.807, 2.05) is 19.3 Å². The van der Waals surface area contributed by atoms with Gasteiger partial charge in [-0.1, -0.05) is 13.3 Å². The molecule has 2 heteroatoms. The molecule has 0 spiro atoms. The van der Waals surface area contributed by atoms with Gasteiger partial charge >= 0.3 is 0 Å². The van der Waals surface area contributed by atoms with Crippen LogP contribution in [0, 0.1) is 5.92 Å². The molecular weight excluding hydrogens is 177 g/mol. The van der Waals surface area contributed by atoms with Gasteiger partial charge in [-0.05, 0) is 12.8 Å². The predicted octanol–water partition coefficient (Wildman–Crippen LogP) is 3.35. The number of hydrogen-bond donors (Lipinski definition) is 0. The molecule has 1 nitrogen and oxygen atoms in total. The second-order valence-corrected chi connectivity index (χ2v) is 4.81. The summed E-state index contributed by atoms with van der Waals surface area (Å²) in [5, 5.41) is 0. The molecule has 1 heterocycles. The average molecular weight is 196 g/mol. The Kier molecular flexibility index (Phi) is 2.48. The van der Waals surface area contributed by atoms with E-state index in [0.29, 0.717) is 16.4 Å². The number of hydrogen-bond acceptors (Lipinski definition) is 0. The van der Waals surface area contributed by atoms with Crippen molar-refractivity contribution in [3.8, 4) is 0 Å². The maximum absolute atomic E-state index is 13.7. The molecule has 0 N–H and O–H groups in total. The molecule has 3 atom stereocenters. The van der Waals surface area contributed by atoms with Gasteiger partial charge in [-0.15, -0.1) is 4.39 Å². The zero-order valence-corrected chi connectivity index (χ0v) is 9.04. The molecule has 0 aromatic rings. The topological polar surface area (TPSA) is 0 Å². The number of allylic oxidation sites excluding steroid dienone is 2. The van der Waals surface area contributed by atoms with Gasteiger partial charge in [-0.2, -0.15) is 0 Å². The van der Waals surface area contributed by atoms with E-state index in [-0.39, 0.29) is 5.95 Å². The Morgan fingerprint density at radius 1 is 1.36 bits per heavy atom. The minimum atomic E-state index is 0.00347. The average Bonchev–Trinajstić information content (AvgIpc) is 2.49. The Morgan fingerprint density at radius 3 is 2.64 bits per heavy atom. The SMILES string of the molecule is C[C@@H]1CCCC[C@@H]1[N+]1(C)C=CC=C1F. The maximum atomic E-state index is 13.7. The molecule has 1 aliphatic heterocycles. The normalized spacial score (nSPS) is 42.6. The molecule has 1 fully saturated rings. The lowest BCUT2D eigenvalue weighted by atomic mass is 9.84. The van der Waals surface area contributed by atoms with Crippen molar-refractivity contribution in [1.82, 2.24) is 0 Å². The van der Waals surface area contributed by atoms with E-state index in [1.54, 1.807) is 6.08 Å². The van der Waals surface area contributed by atoms with Crippen molar-refractivity contribution in [3.05, 3.63) is 24.3 Å². The van der Waals surface area contributed by atoms with Crippen LogP contribution in [0.3, 0.4) is 0 Å². The highest BCUT2D eigenvalue weighted by molar-refractivity contribution is 5.09. The lowest BCUT2D eigenvalue weighted by molar-refractivity contribution is -0.861. The van der Waals surface area contributed by atoms with Crippen LogP contribution in [0.2, 0.25) is 0 Å². The molecule has 0 aromatic carbocycles. The zero-order valence-electron chi connectivity index (χ0n) is 9.04. The van der Waals surface area contributed by atoms with Gasteiger partial charge in [0.25, 0.3) is 5.95 Å². The molecule has 0 radical (unpaired) electrons. The van der Waals surface area contributed by atoms with Crippen molar-refractivity contribution >= 4 is 0 Å². The molecule has 2 rings (SSSR count). The van der Waals surface area contributed by atoms with Crippen LogP contribution in [0.15, 0.2) is 24.3 Å². The predicted molar refractivity (Wildman–Crippen MR) is 55.9 cm³/mol. The van der Waals surface area contributed by atoms with Crippen LogP contribution < -0.4 is 0 Å². The monoisotopic (exact) mass is 196 g/mol. The standard InChI is InChI=1S/C12H19FN/c1-10-6-3-4-7-11(10)14(2)9-5-8-12(14)13/h5,8-11H,3-4,6-7H2,1-2H3/q+1/t10-,11+,14?/m1/s1. The molecule has 1 aliphatic carbocycles. The van der Waals surface area contributed by atoms with E-state index < -0.39 is 0 Å². The smallest absolute Gasteiger partial charge is 0.240 e. The molecular formula is C12H19FN+. The minimum Gasteiger partial charge on any atom is -0.240 e. The fraction of sp³-hybridized carbons (Fsp3) is 0.667. The maximum Gasteiger partial charge on any atom is 0.290 e. The quantitative estimate of drug-likeness (QED) is 0.445. The molecule has 0 amide bonds. The fourth-order valence-electron chi connectivity index (χ4n) is 2.90. The first kappa shape index (κ1) is 9.91. The van der Waals surface area contributed by atoms with E-state index in [1.165, 1.54) is 19.3 Å². The Morgan fingerprint density at radius 2 is 2.07 bits per heavy atom. The van der Waals surface area contributed by atoms with Gasteiger partial charge in [0.1, 0.15) is 12.2 Å². The van der Waals surface area contributed by atoms with Crippen LogP contribution in [-0.4, -0.2) is 17.6 Å². The Balaban J connectivity index is 2.20. The zero-order chi connectivity index (χ0) is 10.2. The third kappa shape index (κ3) is 1.42. The molecule has 14 heavy (non-hydrogen) atoms. The van der Waals surface area contributed by atoms with E-state index in [9.17, 15) is 4.39 Å². The van der Waals surface area contributed by atoms with Gasteiger partial charge in [0.2, 0.25) is 0 Å². The third-order valence-corrected chi connectivity index (χ3v) is 3.84. The highest BCUT2D eigenvalue weighted by atomic mass is 19.1. The molecule has 0 bridgehead atoms. The van der Waals surface area contributed by atoms with Crippen molar-refractivity contribution in [2.45, 2.75) is 38.6 Å². The van der Waals surface area contributed by atoms with Crippen LogP contribution in [-0.2, 0) is 0 Å². The first-order chi connectivity index (χ1) is 6.64. The van der Waals surface area contributed by atoms with Crippen LogP contribution in [0.4, 0.5) is 4.39 Å². The second-order valence-electron chi connectivity index (χ2n) is 4.81. The summed E-state index contributed by atoms with van der Waals surface area (Å²) in [7, 11) is 1.99. The summed E-state index contributed by atoms with van der Waals surface area (Å²) >= 11 is 0. The Hall–Kier alpha value is -0.630. The van der Waals surface area contributed by atoms with Gasteiger partial charge in [0.15, 0.2) is 0 Å². The van der Waals surface area contributed by atoms with Crippen LogP contribution in [0.5, 0.6) is 0 Å². The van der Waals surface area contributed by atoms with E-state index in [2.05, 4.69) is 6.92 Å².